The Morgan fingerprint density at radius 1 is 0.957 bits per heavy atom. The van der Waals surface area contributed by atoms with Crippen LogP contribution in [0.3, 0.4) is 0 Å². The quantitative estimate of drug-likeness (QED) is 0.111. The molecule has 2 atom stereocenters. The van der Waals surface area contributed by atoms with Gasteiger partial charge in [0.25, 0.3) is 0 Å². The largest absolute Gasteiger partial charge is 0.460 e. The topological polar surface area (TPSA) is 85.9 Å². The van der Waals surface area contributed by atoms with Gasteiger partial charge in [0.05, 0.1) is 18.8 Å². The van der Waals surface area contributed by atoms with Gasteiger partial charge >= 0.3 is 12.1 Å². The van der Waals surface area contributed by atoms with Crippen LogP contribution in [0.15, 0.2) is 73.3 Å². The van der Waals surface area contributed by atoms with Gasteiger partial charge in [0.2, 0.25) is 12.6 Å². The molecule has 0 aliphatic carbocycles. The van der Waals surface area contributed by atoms with Crippen LogP contribution in [-0.4, -0.2) is 37.3 Å². The predicted octanol–water partition coefficient (Wildman–Crippen LogP) is 8.05. The summed E-state index contributed by atoms with van der Waals surface area (Å²) in [5.41, 5.74) is 2.44. The molecule has 0 spiro atoms. The number of esters is 1. The first kappa shape index (κ1) is 35.8. The van der Waals surface area contributed by atoms with Crippen LogP contribution in [0.5, 0.6) is 0 Å². The van der Waals surface area contributed by atoms with Crippen molar-refractivity contribution in [2.24, 2.45) is 0 Å². The van der Waals surface area contributed by atoms with E-state index >= 15 is 0 Å². The van der Waals surface area contributed by atoms with Crippen LogP contribution in [0, 0.1) is 0 Å². The molecule has 1 aromatic heterocycles. The Morgan fingerprint density at radius 2 is 1.67 bits per heavy atom. The number of amides is 1. The summed E-state index contributed by atoms with van der Waals surface area (Å²) in [5, 5.41) is 5.07. The number of hydrogen-bond acceptors (Lipinski definition) is 6. The lowest BCUT2D eigenvalue weighted by atomic mass is 10.1. The van der Waals surface area contributed by atoms with Crippen LogP contribution in [-0.2, 0) is 38.8 Å². The van der Waals surface area contributed by atoms with E-state index in [1.165, 1.54) is 4.90 Å². The van der Waals surface area contributed by atoms with Gasteiger partial charge in [-0.3, -0.25) is 9.69 Å². The number of carbonyl (C=O) groups is 2. The Balaban J connectivity index is 1.46. The summed E-state index contributed by atoms with van der Waals surface area (Å²) in [6, 6.07) is 15.5. The van der Waals surface area contributed by atoms with Gasteiger partial charge in [0, 0.05) is 50.2 Å². The van der Waals surface area contributed by atoms with Crippen LogP contribution < -0.4 is 14.8 Å². The zero-order chi connectivity index (χ0) is 33.4. The van der Waals surface area contributed by atoms with Crippen molar-refractivity contribution >= 4 is 75.8 Å². The lowest BCUT2D eigenvalue weighted by Gasteiger charge is -2.22. The minimum atomic E-state index is -0.682. The second kappa shape index (κ2) is 16.7. The Hall–Kier alpha value is -3.02. The number of carbonyl (C=O) groups excluding carboxylic acids is 2. The van der Waals surface area contributed by atoms with Gasteiger partial charge < -0.3 is 19.5 Å². The molecule has 0 bridgehead atoms. The fraction of sp³-hybridized carbons (Fsp3) is 0.281. The second-order valence-electron chi connectivity index (χ2n) is 10.2. The highest BCUT2D eigenvalue weighted by molar-refractivity contribution is 6.35. The number of nitrogens with one attached hydrogen (secondary N) is 1. The van der Waals surface area contributed by atoms with Gasteiger partial charge in [-0.1, -0.05) is 76.2 Å². The Bertz CT molecular complexity index is 1680. The summed E-state index contributed by atoms with van der Waals surface area (Å²) in [5.74, 6) is -0.451. The van der Waals surface area contributed by atoms with Crippen molar-refractivity contribution in [2.75, 3.05) is 25.5 Å². The lowest BCUT2D eigenvalue weighted by molar-refractivity contribution is -0.705. The highest BCUT2D eigenvalue weighted by Crippen LogP contribution is 2.32. The summed E-state index contributed by atoms with van der Waals surface area (Å²) >= 11 is 31.5. The van der Waals surface area contributed by atoms with E-state index in [0.29, 0.717) is 42.9 Å². The van der Waals surface area contributed by atoms with E-state index < -0.39 is 24.4 Å². The summed E-state index contributed by atoms with van der Waals surface area (Å²) in [4.78, 5) is 26.4. The highest BCUT2D eigenvalue weighted by Gasteiger charge is 2.25. The predicted molar refractivity (Wildman–Crippen MR) is 180 cm³/mol. The van der Waals surface area contributed by atoms with Gasteiger partial charge in [-0.15, -0.1) is 0 Å². The van der Waals surface area contributed by atoms with E-state index in [1.54, 1.807) is 80.6 Å². The van der Waals surface area contributed by atoms with Crippen molar-refractivity contribution in [3.8, 4) is 0 Å². The first-order valence-electron chi connectivity index (χ1n) is 14.1. The zero-order valence-electron chi connectivity index (χ0n) is 25.2. The maximum absolute atomic E-state index is 13.2. The number of nitrogens with zero attached hydrogens (tertiary/aromatic N) is 3. The molecule has 0 aliphatic heterocycles. The zero-order valence-corrected chi connectivity index (χ0v) is 29.0. The molecular formula is C32H32Cl5N4O5+. The Morgan fingerprint density at radius 3 is 2.37 bits per heavy atom. The van der Waals surface area contributed by atoms with E-state index in [1.807, 2.05) is 22.9 Å². The van der Waals surface area contributed by atoms with E-state index in [9.17, 15) is 9.59 Å². The van der Waals surface area contributed by atoms with Crippen molar-refractivity contribution in [2.45, 2.75) is 39.0 Å². The molecule has 46 heavy (non-hydrogen) atoms. The normalized spacial score (nSPS) is 12.4. The molecule has 0 fully saturated rings. The Kier molecular flexibility index (Phi) is 13.0. The van der Waals surface area contributed by atoms with Gasteiger partial charge in [-0.05, 0) is 49.0 Å². The molecule has 3 aromatic carbocycles. The number of halogens is 5. The third kappa shape index (κ3) is 9.51. The van der Waals surface area contributed by atoms with Crippen molar-refractivity contribution < 1.29 is 28.4 Å². The molecule has 0 radical (unpaired) electrons. The van der Waals surface area contributed by atoms with Crippen LogP contribution in [0.4, 0.5) is 10.5 Å². The van der Waals surface area contributed by atoms with Gasteiger partial charge in [0.15, 0.2) is 0 Å². The van der Waals surface area contributed by atoms with Crippen molar-refractivity contribution in [1.82, 2.24) is 9.88 Å². The highest BCUT2D eigenvalue weighted by atomic mass is 35.5. The SMILES string of the molecule is CNCC(=O)OCc1c(Cl)cccc1N(C)C(=O)OC(C)n1cc[n+](CC(OCc2ccc(Cl)cc2Cl)c2ccc(Cl)cc2Cl)c1. The number of imidazole rings is 1. The fourth-order valence-corrected chi connectivity index (χ4v) is 5.71. The van der Waals surface area contributed by atoms with Crippen molar-refractivity contribution in [3.63, 3.8) is 0 Å². The molecule has 0 saturated heterocycles. The minimum absolute atomic E-state index is 0.0440. The molecule has 2 unspecified atom stereocenters. The van der Waals surface area contributed by atoms with Gasteiger partial charge in [0.1, 0.15) is 31.6 Å². The number of anilines is 1. The maximum atomic E-state index is 13.2. The summed E-state index contributed by atoms with van der Waals surface area (Å²) in [6.07, 6.45) is 3.60. The molecule has 244 valence electrons. The number of aromatic nitrogens is 2. The van der Waals surface area contributed by atoms with Crippen LogP contribution in [0.2, 0.25) is 25.1 Å². The molecule has 9 nitrogen and oxygen atoms in total. The smallest absolute Gasteiger partial charge is 0.417 e. The van der Waals surface area contributed by atoms with Crippen molar-refractivity contribution in [1.29, 1.82) is 0 Å². The van der Waals surface area contributed by atoms with Gasteiger partial charge in [-0.25, -0.2) is 9.36 Å². The first-order chi connectivity index (χ1) is 22.0. The summed E-state index contributed by atoms with van der Waals surface area (Å²) in [7, 11) is 3.19. The molecule has 4 aromatic rings. The molecular weight excluding hydrogens is 698 g/mol. The number of likely N-dealkylation sites (N-methyl/N-ethyl adjacent to an activating group) is 1. The number of rotatable bonds is 13. The number of ether oxygens (including phenoxy) is 3. The van der Waals surface area contributed by atoms with E-state index in [2.05, 4.69) is 5.32 Å². The maximum Gasteiger partial charge on any atom is 0.417 e. The molecule has 1 amide bonds. The first-order valence-corrected chi connectivity index (χ1v) is 15.9. The number of hydrogen-bond donors (Lipinski definition) is 1. The molecule has 1 N–H and O–H groups in total. The standard InChI is InChI=1S/C32H32Cl5N4O5/c1-20(46-32(43)39(3)29-6-4-5-26(35)25(29)18-45-31(42)15-38-2)41-12-11-40(19-41)16-30(24-10-9-23(34)14-28(24)37)44-17-21-7-8-22(33)13-27(21)36/h4-14,19-20,30,38H,15-18H2,1-3H3/q+1. The monoisotopic (exact) mass is 727 g/mol. The summed E-state index contributed by atoms with van der Waals surface area (Å²) in [6.45, 7) is 2.26. The van der Waals surface area contributed by atoms with E-state index in [4.69, 9.17) is 72.2 Å². The van der Waals surface area contributed by atoms with Gasteiger partial charge in [-0.2, -0.15) is 4.57 Å². The Labute approximate surface area is 292 Å². The molecule has 4 rings (SSSR count). The lowest BCUT2D eigenvalue weighted by Crippen LogP contribution is -2.36. The second-order valence-corrected chi connectivity index (χ2v) is 12.3. The molecule has 1 heterocycles. The average molecular weight is 730 g/mol. The minimum Gasteiger partial charge on any atom is -0.460 e. The summed E-state index contributed by atoms with van der Waals surface area (Å²) < 4.78 is 21.0. The van der Waals surface area contributed by atoms with Crippen molar-refractivity contribution in [3.05, 3.63) is 115 Å². The third-order valence-electron chi connectivity index (χ3n) is 6.97. The molecule has 14 heteroatoms. The molecule has 0 aliphatic rings. The number of benzene rings is 3. The fourth-order valence-electron chi connectivity index (χ4n) is 4.49. The van der Waals surface area contributed by atoms with Crippen LogP contribution in [0.1, 0.15) is 35.9 Å². The van der Waals surface area contributed by atoms with E-state index in [-0.39, 0.29) is 19.8 Å². The average Bonchev–Trinajstić information content (AvgIpc) is 3.48. The third-order valence-corrected chi connectivity index (χ3v) is 8.48. The van der Waals surface area contributed by atoms with E-state index in [0.717, 1.165) is 11.1 Å². The van der Waals surface area contributed by atoms with Crippen LogP contribution in [0.25, 0.3) is 0 Å². The van der Waals surface area contributed by atoms with Crippen LogP contribution >= 0.6 is 58.0 Å². The molecule has 0 saturated carbocycles.